The predicted molar refractivity (Wildman–Crippen MR) is 111 cm³/mol. The molecule has 0 aromatic carbocycles. The number of nitrogens with two attached hydrogens (primary N) is 1. The number of aliphatic imine (C=N–C) groups is 1. The molecule has 0 spiro atoms. The molecule has 3 aliphatic rings. The Morgan fingerprint density at radius 2 is 2.16 bits per heavy atom. The van der Waals surface area contributed by atoms with Crippen LogP contribution in [0.5, 0.6) is 0 Å². The number of carbonyl (C=O) groups is 1. The number of fused-ring (bicyclic) bond motifs is 1. The zero-order chi connectivity index (χ0) is 22.4. The van der Waals surface area contributed by atoms with E-state index in [9.17, 15) is 4.79 Å². The third kappa shape index (κ3) is 3.95. The van der Waals surface area contributed by atoms with Crippen molar-refractivity contribution in [2.45, 2.75) is 63.4 Å². The summed E-state index contributed by atoms with van der Waals surface area (Å²) in [6.07, 6.45) is 5.51. The molecule has 4 N–H and O–H groups in total. The zero-order valence-corrected chi connectivity index (χ0v) is 17.9. The SMILES string of the molecule is CC1C=C(C(N)=NC=N)NC1[C@@H]1O[C@](C)(COC(=O)n2ccnc2)[C@H]2OC(C)(C)O[C@@H]12. The second kappa shape index (κ2) is 7.74. The minimum Gasteiger partial charge on any atom is -0.446 e. The molecule has 0 bridgehead atoms. The maximum absolute atomic E-state index is 12.3. The van der Waals surface area contributed by atoms with Crippen LogP contribution in [0.1, 0.15) is 27.7 Å². The molecule has 2 unspecified atom stereocenters. The summed E-state index contributed by atoms with van der Waals surface area (Å²) >= 11 is 0. The number of carbonyl (C=O) groups excluding carboxylic acids is 1. The molecule has 1 aromatic rings. The number of imidazole rings is 1. The highest BCUT2D eigenvalue weighted by Crippen LogP contribution is 2.46. The Hall–Kier alpha value is -2.76. The monoisotopic (exact) mass is 432 g/mol. The van der Waals surface area contributed by atoms with Gasteiger partial charge in [0.25, 0.3) is 0 Å². The smallest absolute Gasteiger partial charge is 0.419 e. The van der Waals surface area contributed by atoms with Crippen LogP contribution in [0.25, 0.3) is 0 Å². The lowest BCUT2D eigenvalue weighted by Gasteiger charge is -2.33. The lowest BCUT2D eigenvalue weighted by Crippen LogP contribution is -2.48. The minimum absolute atomic E-state index is 0.0140. The van der Waals surface area contributed by atoms with Gasteiger partial charge in [-0.25, -0.2) is 19.3 Å². The van der Waals surface area contributed by atoms with Crippen molar-refractivity contribution in [1.82, 2.24) is 14.9 Å². The Labute approximate surface area is 180 Å². The van der Waals surface area contributed by atoms with E-state index in [0.29, 0.717) is 5.70 Å². The lowest BCUT2D eigenvalue weighted by atomic mass is 9.92. The Morgan fingerprint density at radius 3 is 2.84 bits per heavy atom. The number of aromatic nitrogens is 2. The van der Waals surface area contributed by atoms with Gasteiger partial charge >= 0.3 is 6.09 Å². The molecule has 168 valence electrons. The maximum Gasteiger partial charge on any atom is 0.419 e. The predicted octanol–water partition coefficient (Wildman–Crippen LogP) is 1.00. The third-order valence-electron chi connectivity index (χ3n) is 5.81. The summed E-state index contributed by atoms with van der Waals surface area (Å²) < 4.78 is 25.6. The Balaban J connectivity index is 1.53. The molecule has 2 saturated heterocycles. The molecular weight excluding hydrogens is 404 g/mol. The van der Waals surface area contributed by atoms with Crippen molar-refractivity contribution in [2.24, 2.45) is 16.6 Å². The molecule has 4 heterocycles. The summed E-state index contributed by atoms with van der Waals surface area (Å²) in [5, 5.41) is 10.5. The van der Waals surface area contributed by atoms with Crippen molar-refractivity contribution in [3.05, 3.63) is 30.5 Å². The summed E-state index contributed by atoms with van der Waals surface area (Å²) in [5.74, 6) is -0.505. The van der Waals surface area contributed by atoms with Gasteiger partial charge in [0.15, 0.2) is 5.79 Å². The standard InChI is InChI=1S/C20H28N6O5/c1-11-7-12(17(22)24-9-21)25-13(11)14-15-16(31-19(2,3)29-15)20(4,30-14)8-28-18(27)26-6-5-23-10-26/h5-7,9-11,13-16,25H,8H2,1-4H3,(H3,21,22,24)/t11?,13?,14-,15-,16-,20+/m0/s1. The second-order valence-corrected chi connectivity index (χ2v) is 8.69. The maximum atomic E-state index is 12.3. The van der Waals surface area contributed by atoms with Crippen molar-refractivity contribution < 1.29 is 23.7 Å². The lowest BCUT2D eigenvalue weighted by molar-refractivity contribution is -0.215. The van der Waals surface area contributed by atoms with Crippen molar-refractivity contribution in [3.8, 4) is 0 Å². The first-order chi connectivity index (χ1) is 14.6. The van der Waals surface area contributed by atoms with E-state index in [1.165, 1.54) is 23.3 Å². The fourth-order valence-corrected chi connectivity index (χ4v) is 4.39. The van der Waals surface area contributed by atoms with Crippen LogP contribution in [0.2, 0.25) is 0 Å². The van der Waals surface area contributed by atoms with E-state index < -0.39 is 23.6 Å². The molecule has 1 aromatic heterocycles. The summed E-state index contributed by atoms with van der Waals surface area (Å²) in [5.41, 5.74) is 5.68. The topological polar surface area (TPSA) is 146 Å². The Kier molecular flexibility index (Phi) is 5.36. The van der Waals surface area contributed by atoms with Gasteiger partial charge in [-0.2, -0.15) is 0 Å². The second-order valence-electron chi connectivity index (χ2n) is 8.69. The van der Waals surface area contributed by atoms with E-state index in [2.05, 4.69) is 15.3 Å². The first-order valence-corrected chi connectivity index (χ1v) is 10.1. The number of amidine groups is 1. The third-order valence-corrected chi connectivity index (χ3v) is 5.81. The van der Waals surface area contributed by atoms with Crippen molar-refractivity contribution in [2.75, 3.05) is 6.61 Å². The Bertz CT molecular complexity index is 913. The average molecular weight is 432 g/mol. The van der Waals surface area contributed by atoms with Gasteiger partial charge in [0.05, 0.1) is 11.7 Å². The van der Waals surface area contributed by atoms with E-state index in [-0.39, 0.29) is 36.6 Å². The molecule has 0 amide bonds. The highest BCUT2D eigenvalue weighted by Gasteiger charge is 2.63. The fraction of sp³-hybridized carbons (Fsp3) is 0.600. The molecule has 2 fully saturated rings. The zero-order valence-electron chi connectivity index (χ0n) is 17.9. The molecule has 0 saturated carbocycles. The first-order valence-electron chi connectivity index (χ1n) is 10.1. The molecular formula is C20H28N6O5. The average Bonchev–Trinajstić information content (AvgIpc) is 3.46. The van der Waals surface area contributed by atoms with Gasteiger partial charge in [-0.1, -0.05) is 13.0 Å². The van der Waals surface area contributed by atoms with Gasteiger partial charge in [0.1, 0.15) is 49.0 Å². The number of nitrogens with one attached hydrogen (secondary N) is 2. The van der Waals surface area contributed by atoms with Crippen LogP contribution in [0, 0.1) is 11.3 Å². The Morgan fingerprint density at radius 1 is 1.39 bits per heavy atom. The van der Waals surface area contributed by atoms with Crippen LogP contribution < -0.4 is 11.1 Å². The van der Waals surface area contributed by atoms with Gasteiger partial charge in [0.2, 0.25) is 0 Å². The minimum atomic E-state index is -0.919. The largest absolute Gasteiger partial charge is 0.446 e. The highest BCUT2D eigenvalue weighted by atomic mass is 16.8. The van der Waals surface area contributed by atoms with Crippen LogP contribution >= 0.6 is 0 Å². The number of hydrogen-bond acceptors (Lipinski definition) is 8. The van der Waals surface area contributed by atoms with Crippen LogP contribution in [-0.4, -0.2) is 70.2 Å². The van der Waals surface area contributed by atoms with Gasteiger partial charge in [0, 0.05) is 12.4 Å². The molecule has 3 aliphatic heterocycles. The van der Waals surface area contributed by atoms with E-state index in [1.54, 1.807) is 0 Å². The number of rotatable bonds is 5. The van der Waals surface area contributed by atoms with Crippen molar-refractivity contribution in [1.29, 1.82) is 5.41 Å². The van der Waals surface area contributed by atoms with Gasteiger partial charge in [-0.3, -0.25) is 5.41 Å². The van der Waals surface area contributed by atoms with Crippen LogP contribution in [-0.2, 0) is 18.9 Å². The van der Waals surface area contributed by atoms with E-state index in [0.717, 1.165) is 6.34 Å². The number of hydrogen-bond donors (Lipinski definition) is 3. The molecule has 6 atom stereocenters. The van der Waals surface area contributed by atoms with Crippen LogP contribution in [0.3, 0.4) is 0 Å². The normalized spacial score (nSPS) is 36.6. The van der Waals surface area contributed by atoms with Crippen LogP contribution in [0.15, 0.2) is 35.5 Å². The molecule has 31 heavy (non-hydrogen) atoms. The molecule has 11 heteroatoms. The molecule has 0 aliphatic carbocycles. The van der Waals surface area contributed by atoms with Crippen molar-refractivity contribution >= 4 is 18.3 Å². The molecule has 11 nitrogen and oxygen atoms in total. The van der Waals surface area contributed by atoms with Crippen molar-refractivity contribution in [3.63, 3.8) is 0 Å². The summed E-state index contributed by atoms with van der Waals surface area (Å²) in [7, 11) is 0. The van der Waals surface area contributed by atoms with Gasteiger partial charge in [-0.15, -0.1) is 0 Å². The quantitative estimate of drug-likeness (QED) is 0.461. The first kappa shape index (κ1) is 21.5. The summed E-state index contributed by atoms with van der Waals surface area (Å²) in [4.78, 5) is 20.0. The highest BCUT2D eigenvalue weighted by molar-refractivity contribution is 6.00. The summed E-state index contributed by atoms with van der Waals surface area (Å²) in [6, 6.07) is -0.161. The van der Waals surface area contributed by atoms with E-state index >= 15 is 0 Å². The van der Waals surface area contributed by atoms with E-state index in [4.69, 9.17) is 30.1 Å². The molecule has 4 rings (SSSR count). The van der Waals surface area contributed by atoms with Gasteiger partial charge < -0.3 is 30.0 Å². The van der Waals surface area contributed by atoms with Gasteiger partial charge in [-0.05, 0) is 26.7 Å². The van der Waals surface area contributed by atoms with Crippen LogP contribution in [0.4, 0.5) is 4.79 Å². The number of ether oxygens (including phenoxy) is 4. The van der Waals surface area contributed by atoms with E-state index in [1.807, 2.05) is 33.8 Å². The summed E-state index contributed by atoms with van der Waals surface area (Å²) in [6.45, 7) is 7.58. The fourth-order valence-electron chi connectivity index (χ4n) is 4.39. The molecule has 0 radical (unpaired) electrons. The number of nitrogens with zero attached hydrogens (tertiary/aromatic N) is 3.